The van der Waals surface area contributed by atoms with E-state index in [2.05, 4.69) is 0 Å². The fraction of sp³-hybridized carbons (Fsp3) is 0.333. The summed E-state index contributed by atoms with van der Waals surface area (Å²) in [6.07, 6.45) is 0.816. The average molecular weight is 351 g/mol. The number of carboxylic acid groups (broad SMARTS) is 1. The number of hydrogen-bond donors (Lipinski definition) is 1. The first-order chi connectivity index (χ1) is 12.5. The summed E-state index contributed by atoms with van der Waals surface area (Å²) in [6.45, 7) is 1.40. The van der Waals surface area contributed by atoms with Crippen LogP contribution in [0.2, 0.25) is 0 Å². The van der Waals surface area contributed by atoms with E-state index >= 15 is 0 Å². The molecule has 1 heterocycles. The molecule has 5 nitrogen and oxygen atoms in total. The van der Waals surface area contributed by atoms with Crippen LogP contribution in [-0.2, 0) is 21.6 Å². The van der Waals surface area contributed by atoms with Gasteiger partial charge < -0.3 is 14.7 Å². The molecule has 1 N–H and O–H groups in total. The Morgan fingerprint density at radius 1 is 0.962 bits per heavy atom. The van der Waals surface area contributed by atoms with Crippen LogP contribution in [0.3, 0.4) is 0 Å². The molecule has 1 spiro atoms. The number of ether oxygens (including phenoxy) is 1. The summed E-state index contributed by atoms with van der Waals surface area (Å²) < 4.78 is 5.35. The molecule has 0 atom stereocenters. The summed E-state index contributed by atoms with van der Waals surface area (Å²) in [5.74, 6) is -0.778. The van der Waals surface area contributed by atoms with Crippen LogP contribution in [0.1, 0.15) is 24.0 Å². The number of likely N-dealkylation sites (tertiary alicyclic amines) is 1. The predicted octanol–water partition coefficient (Wildman–Crippen LogP) is 3.44. The molecular formula is C21H21NO4. The Morgan fingerprint density at radius 2 is 1.54 bits per heavy atom. The van der Waals surface area contributed by atoms with Gasteiger partial charge in [0.05, 0.1) is 5.41 Å². The molecule has 4 rings (SSSR count). The molecule has 2 aromatic rings. The second-order valence-corrected chi connectivity index (χ2v) is 7.50. The van der Waals surface area contributed by atoms with E-state index in [9.17, 15) is 14.7 Å². The van der Waals surface area contributed by atoms with E-state index in [1.807, 2.05) is 60.7 Å². The Hall–Kier alpha value is -2.82. The van der Waals surface area contributed by atoms with Crippen LogP contribution in [0, 0.1) is 5.41 Å². The molecule has 5 heteroatoms. The predicted molar refractivity (Wildman–Crippen MR) is 95.6 cm³/mol. The van der Waals surface area contributed by atoms with Crippen LogP contribution in [-0.4, -0.2) is 35.2 Å². The zero-order valence-electron chi connectivity index (χ0n) is 14.4. The standard InChI is InChI=1S/C21H21NO4/c23-18(24)21(17-9-5-2-6-10-17)12-20(13-21)14-22(15-20)19(25)26-11-16-7-3-1-4-8-16/h1-10H,11-15H2,(H,23,24). The number of carboxylic acids is 1. The molecule has 2 aromatic carbocycles. The number of nitrogens with zero attached hydrogens (tertiary/aromatic N) is 1. The minimum Gasteiger partial charge on any atom is -0.481 e. The van der Waals surface area contributed by atoms with Crippen LogP contribution in [0.5, 0.6) is 0 Å². The first-order valence-corrected chi connectivity index (χ1v) is 8.78. The molecule has 2 aliphatic rings. The highest BCUT2D eigenvalue weighted by molar-refractivity contribution is 5.83. The summed E-state index contributed by atoms with van der Waals surface area (Å²) in [4.78, 5) is 25.7. The van der Waals surface area contributed by atoms with Crippen LogP contribution in [0.15, 0.2) is 60.7 Å². The van der Waals surface area contributed by atoms with Gasteiger partial charge in [-0.1, -0.05) is 60.7 Å². The third kappa shape index (κ3) is 2.73. The number of carbonyl (C=O) groups excluding carboxylic acids is 1. The second-order valence-electron chi connectivity index (χ2n) is 7.50. The first-order valence-electron chi connectivity index (χ1n) is 8.78. The lowest BCUT2D eigenvalue weighted by atomic mass is 9.47. The Labute approximate surface area is 152 Å². The van der Waals surface area contributed by atoms with Crippen molar-refractivity contribution in [3.63, 3.8) is 0 Å². The molecule has 1 amide bonds. The minimum absolute atomic E-state index is 0.0833. The average Bonchev–Trinajstić information content (AvgIpc) is 2.59. The molecule has 1 saturated heterocycles. The third-order valence-electron chi connectivity index (χ3n) is 5.61. The normalized spacial score (nSPS) is 19.3. The molecule has 134 valence electrons. The number of amides is 1. The maximum atomic E-state index is 12.2. The monoisotopic (exact) mass is 351 g/mol. The van der Waals surface area contributed by atoms with Gasteiger partial charge in [0, 0.05) is 18.5 Å². The minimum atomic E-state index is -0.818. The number of hydrogen-bond acceptors (Lipinski definition) is 3. The molecule has 1 saturated carbocycles. The largest absolute Gasteiger partial charge is 0.481 e. The number of carbonyl (C=O) groups is 2. The van der Waals surface area contributed by atoms with Crippen molar-refractivity contribution in [2.45, 2.75) is 24.9 Å². The Kier molecular flexibility index (Phi) is 3.94. The van der Waals surface area contributed by atoms with Gasteiger partial charge in [-0.15, -0.1) is 0 Å². The summed E-state index contributed by atoms with van der Waals surface area (Å²) in [5.41, 5.74) is 0.901. The molecule has 26 heavy (non-hydrogen) atoms. The molecule has 0 radical (unpaired) electrons. The Balaban J connectivity index is 1.34. The van der Waals surface area contributed by atoms with E-state index in [1.165, 1.54) is 0 Å². The van der Waals surface area contributed by atoms with Crippen molar-refractivity contribution in [2.75, 3.05) is 13.1 Å². The van der Waals surface area contributed by atoms with Crippen LogP contribution in [0.25, 0.3) is 0 Å². The topological polar surface area (TPSA) is 66.8 Å². The summed E-state index contributed by atoms with van der Waals surface area (Å²) in [6, 6.07) is 19.0. The van der Waals surface area contributed by atoms with Gasteiger partial charge >= 0.3 is 12.1 Å². The van der Waals surface area contributed by atoms with Crippen molar-refractivity contribution in [1.82, 2.24) is 4.90 Å². The lowest BCUT2D eigenvalue weighted by Crippen LogP contribution is -2.69. The Morgan fingerprint density at radius 3 is 2.12 bits per heavy atom. The van der Waals surface area contributed by atoms with E-state index in [-0.39, 0.29) is 18.1 Å². The highest BCUT2D eigenvalue weighted by Gasteiger charge is 2.64. The van der Waals surface area contributed by atoms with Crippen molar-refractivity contribution in [1.29, 1.82) is 0 Å². The quantitative estimate of drug-likeness (QED) is 0.916. The van der Waals surface area contributed by atoms with Crippen LogP contribution >= 0.6 is 0 Å². The van der Waals surface area contributed by atoms with Gasteiger partial charge in [-0.2, -0.15) is 0 Å². The van der Waals surface area contributed by atoms with E-state index < -0.39 is 11.4 Å². The fourth-order valence-corrected chi connectivity index (χ4v) is 4.39. The van der Waals surface area contributed by atoms with Crippen molar-refractivity contribution < 1.29 is 19.4 Å². The van der Waals surface area contributed by atoms with Crippen molar-refractivity contribution in [3.8, 4) is 0 Å². The lowest BCUT2D eigenvalue weighted by Gasteiger charge is -2.62. The van der Waals surface area contributed by atoms with Crippen molar-refractivity contribution >= 4 is 12.1 Å². The van der Waals surface area contributed by atoms with Crippen molar-refractivity contribution in [3.05, 3.63) is 71.8 Å². The molecule has 0 aromatic heterocycles. The SMILES string of the molecule is O=C(OCc1ccccc1)N1CC2(C1)CC(C(=O)O)(c1ccccc1)C2. The molecule has 1 aliphatic carbocycles. The molecule has 2 fully saturated rings. The summed E-state index contributed by atoms with van der Waals surface area (Å²) in [5, 5.41) is 9.77. The fourth-order valence-electron chi connectivity index (χ4n) is 4.39. The summed E-state index contributed by atoms with van der Waals surface area (Å²) in [7, 11) is 0. The van der Waals surface area contributed by atoms with Gasteiger partial charge in [0.2, 0.25) is 0 Å². The molecule has 1 aliphatic heterocycles. The maximum Gasteiger partial charge on any atom is 0.410 e. The zero-order chi connectivity index (χ0) is 18.2. The second kappa shape index (κ2) is 6.16. The van der Waals surface area contributed by atoms with Crippen molar-refractivity contribution in [2.24, 2.45) is 5.41 Å². The van der Waals surface area contributed by atoms with Crippen LogP contribution in [0.4, 0.5) is 4.79 Å². The van der Waals surface area contributed by atoms with Gasteiger partial charge in [-0.05, 0) is 24.0 Å². The molecule has 0 unspecified atom stereocenters. The highest BCUT2D eigenvalue weighted by Crippen LogP contribution is 2.60. The zero-order valence-corrected chi connectivity index (χ0v) is 14.4. The van der Waals surface area contributed by atoms with Gasteiger partial charge in [-0.25, -0.2) is 4.79 Å². The van der Waals surface area contributed by atoms with Gasteiger partial charge in [0.1, 0.15) is 6.61 Å². The Bertz CT molecular complexity index is 804. The maximum absolute atomic E-state index is 12.2. The van der Waals surface area contributed by atoms with E-state index in [4.69, 9.17) is 4.74 Å². The van der Waals surface area contributed by atoms with Crippen LogP contribution < -0.4 is 0 Å². The molecular weight excluding hydrogens is 330 g/mol. The number of benzene rings is 2. The lowest BCUT2D eigenvalue weighted by molar-refractivity contribution is -0.165. The summed E-state index contributed by atoms with van der Waals surface area (Å²) >= 11 is 0. The smallest absolute Gasteiger partial charge is 0.410 e. The van der Waals surface area contributed by atoms with E-state index in [0.717, 1.165) is 11.1 Å². The van der Waals surface area contributed by atoms with E-state index in [0.29, 0.717) is 25.9 Å². The number of rotatable bonds is 4. The van der Waals surface area contributed by atoms with Gasteiger partial charge in [0.15, 0.2) is 0 Å². The number of aliphatic carboxylic acids is 1. The van der Waals surface area contributed by atoms with Gasteiger partial charge in [0.25, 0.3) is 0 Å². The molecule has 0 bridgehead atoms. The van der Waals surface area contributed by atoms with Gasteiger partial charge in [-0.3, -0.25) is 4.79 Å². The van der Waals surface area contributed by atoms with E-state index in [1.54, 1.807) is 4.90 Å². The first kappa shape index (κ1) is 16.6. The third-order valence-corrected chi connectivity index (χ3v) is 5.61. The highest BCUT2D eigenvalue weighted by atomic mass is 16.6.